The van der Waals surface area contributed by atoms with Gasteiger partial charge in [0, 0.05) is 5.02 Å². The van der Waals surface area contributed by atoms with Gasteiger partial charge in [0.1, 0.15) is 10.9 Å². The second-order valence-electron chi connectivity index (χ2n) is 3.67. The zero-order chi connectivity index (χ0) is 13.8. The fourth-order valence-corrected chi connectivity index (χ4v) is 1.79. The van der Waals surface area contributed by atoms with Crippen LogP contribution in [0.1, 0.15) is 10.4 Å². The zero-order valence-electron chi connectivity index (χ0n) is 9.98. The van der Waals surface area contributed by atoms with Crippen molar-refractivity contribution < 1.29 is 9.53 Å². The fourth-order valence-electron chi connectivity index (χ4n) is 1.51. The van der Waals surface area contributed by atoms with Crippen molar-refractivity contribution in [3.05, 3.63) is 52.3 Å². The predicted molar refractivity (Wildman–Crippen MR) is 75.2 cm³/mol. The van der Waals surface area contributed by atoms with Gasteiger partial charge in [-0.3, -0.25) is 4.79 Å². The molecule has 0 spiro atoms. The van der Waals surface area contributed by atoms with E-state index < -0.39 is 0 Å². The SMILES string of the molecule is COc1ccc(Cl)cc1C(=O)Nc1ccc(Cl)nc1. The maximum absolute atomic E-state index is 12.1. The maximum atomic E-state index is 12.1. The molecule has 2 rings (SSSR count). The van der Waals surface area contributed by atoms with E-state index in [1.807, 2.05) is 0 Å². The van der Waals surface area contributed by atoms with Gasteiger partial charge < -0.3 is 10.1 Å². The number of pyridine rings is 1. The first kappa shape index (κ1) is 13.6. The molecule has 1 aromatic heterocycles. The van der Waals surface area contributed by atoms with Crippen LogP contribution in [-0.4, -0.2) is 18.0 Å². The Hall–Kier alpha value is -1.78. The number of ether oxygens (including phenoxy) is 1. The third-order valence-electron chi connectivity index (χ3n) is 2.39. The Balaban J connectivity index is 2.24. The lowest BCUT2D eigenvalue weighted by atomic mass is 10.2. The molecule has 0 fully saturated rings. The smallest absolute Gasteiger partial charge is 0.259 e. The summed E-state index contributed by atoms with van der Waals surface area (Å²) in [6.07, 6.45) is 1.47. The normalized spacial score (nSPS) is 10.1. The summed E-state index contributed by atoms with van der Waals surface area (Å²) in [6.45, 7) is 0. The maximum Gasteiger partial charge on any atom is 0.259 e. The van der Waals surface area contributed by atoms with E-state index in [0.29, 0.717) is 27.2 Å². The average Bonchev–Trinajstić information content (AvgIpc) is 2.41. The van der Waals surface area contributed by atoms with Crippen molar-refractivity contribution in [1.82, 2.24) is 4.98 Å². The molecule has 0 aliphatic heterocycles. The number of anilines is 1. The van der Waals surface area contributed by atoms with Crippen LogP contribution >= 0.6 is 23.2 Å². The monoisotopic (exact) mass is 296 g/mol. The van der Waals surface area contributed by atoms with E-state index in [2.05, 4.69) is 10.3 Å². The molecule has 0 aliphatic carbocycles. The Morgan fingerprint density at radius 3 is 2.68 bits per heavy atom. The summed E-state index contributed by atoms with van der Waals surface area (Å²) in [5.41, 5.74) is 0.890. The average molecular weight is 297 g/mol. The summed E-state index contributed by atoms with van der Waals surface area (Å²) in [4.78, 5) is 16.0. The Kier molecular flexibility index (Phi) is 4.24. The van der Waals surface area contributed by atoms with Gasteiger partial charge >= 0.3 is 0 Å². The molecule has 1 N–H and O–H groups in total. The molecule has 0 saturated carbocycles. The first-order valence-electron chi connectivity index (χ1n) is 5.36. The summed E-state index contributed by atoms with van der Waals surface area (Å²) < 4.78 is 5.12. The molecule has 0 radical (unpaired) electrons. The van der Waals surface area contributed by atoms with Crippen LogP contribution in [0.5, 0.6) is 5.75 Å². The minimum Gasteiger partial charge on any atom is -0.496 e. The number of carbonyl (C=O) groups is 1. The number of aromatic nitrogens is 1. The number of carbonyl (C=O) groups excluding carboxylic acids is 1. The van der Waals surface area contributed by atoms with E-state index >= 15 is 0 Å². The van der Waals surface area contributed by atoms with Gasteiger partial charge in [0.05, 0.1) is 24.6 Å². The van der Waals surface area contributed by atoms with E-state index in [-0.39, 0.29) is 5.91 Å². The summed E-state index contributed by atoms with van der Waals surface area (Å²) in [6, 6.07) is 8.08. The molecule has 0 unspecified atom stereocenters. The Labute approximate surface area is 120 Å². The molecule has 1 heterocycles. The molecule has 98 valence electrons. The number of benzene rings is 1. The highest BCUT2D eigenvalue weighted by Gasteiger charge is 2.13. The van der Waals surface area contributed by atoms with Gasteiger partial charge in [0.2, 0.25) is 0 Å². The number of hydrogen-bond acceptors (Lipinski definition) is 3. The molecule has 0 aliphatic rings. The number of nitrogens with one attached hydrogen (secondary N) is 1. The molecule has 1 amide bonds. The van der Waals surface area contributed by atoms with Crippen LogP contribution in [0.15, 0.2) is 36.5 Å². The number of rotatable bonds is 3. The molecule has 2 aromatic rings. The van der Waals surface area contributed by atoms with Crippen LogP contribution in [0, 0.1) is 0 Å². The van der Waals surface area contributed by atoms with Crippen molar-refractivity contribution >= 4 is 34.8 Å². The summed E-state index contributed by atoms with van der Waals surface area (Å²) >= 11 is 11.5. The highest BCUT2D eigenvalue weighted by Crippen LogP contribution is 2.23. The quantitative estimate of drug-likeness (QED) is 0.880. The third kappa shape index (κ3) is 3.36. The molecule has 0 saturated heterocycles. The third-order valence-corrected chi connectivity index (χ3v) is 2.85. The van der Waals surface area contributed by atoms with Gasteiger partial charge in [-0.2, -0.15) is 0 Å². The van der Waals surface area contributed by atoms with Crippen LogP contribution in [0.4, 0.5) is 5.69 Å². The Morgan fingerprint density at radius 2 is 2.05 bits per heavy atom. The lowest BCUT2D eigenvalue weighted by Crippen LogP contribution is -2.13. The standard InChI is InChI=1S/C13H10Cl2N2O2/c1-19-11-4-2-8(14)6-10(11)13(18)17-9-3-5-12(15)16-7-9/h2-7H,1H3,(H,17,18). The molecular weight excluding hydrogens is 287 g/mol. The molecule has 0 bridgehead atoms. The number of methoxy groups -OCH3 is 1. The van der Waals surface area contributed by atoms with E-state index in [0.717, 1.165) is 0 Å². The van der Waals surface area contributed by atoms with Gasteiger partial charge in [-0.1, -0.05) is 23.2 Å². The van der Waals surface area contributed by atoms with Gasteiger partial charge in [0.15, 0.2) is 0 Å². The van der Waals surface area contributed by atoms with E-state index in [1.54, 1.807) is 30.3 Å². The van der Waals surface area contributed by atoms with Crippen LogP contribution < -0.4 is 10.1 Å². The first-order chi connectivity index (χ1) is 9.10. The van der Waals surface area contributed by atoms with Crippen molar-refractivity contribution in [1.29, 1.82) is 0 Å². The Bertz CT molecular complexity index is 600. The van der Waals surface area contributed by atoms with E-state index in [9.17, 15) is 4.79 Å². The molecule has 1 aromatic carbocycles. The van der Waals surface area contributed by atoms with Crippen LogP contribution in [0.3, 0.4) is 0 Å². The van der Waals surface area contributed by atoms with Gasteiger partial charge in [-0.25, -0.2) is 4.98 Å². The minimum absolute atomic E-state index is 0.330. The van der Waals surface area contributed by atoms with Crippen molar-refractivity contribution in [2.75, 3.05) is 12.4 Å². The highest BCUT2D eigenvalue weighted by atomic mass is 35.5. The minimum atomic E-state index is -0.330. The summed E-state index contributed by atoms with van der Waals surface area (Å²) in [5.74, 6) is 0.118. The second kappa shape index (κ2) is 5.91. The summed E-state index contributed by atoms with van der Waals surface area (Å²) in [7, 11) is 1.49. The lowest BCUT2D eigenvalue weighted by Gasteiger charge is -2.09. The van der Waals surface area contributed by atoms with E-state index in [4.69, 9.17) is 27.9 Å². The van der Waals surface area contributed by atoms with Gasteiger partial charge in [-0.15, -0.1) is 0 Å². The largest absolute Gasteiger partial charge is 0.496 e. The van der Waals surface area contributed by atoms with Crippen LogP contribution in [0.25, 0.3) is 0 Å². The molecule has 6 heteroatoms. The topological polar surface area (TPSA) is 51.2 Å². The number of halogens is 2. The Morgan fingerprint density at radius 1 is 1.26 bits per heavy atom. The lowest BCUT2D eigenvalue weighted by molar-refractivity contribution is 0.102. The zero-order valence-corrected chi connectivity index (χ0v) is 11.5. The second-order valence-corrected chi connectivity index (χ2v) is 4.49. The van der Waals surface area contributed by atoms with Gasteiger partial charge in [0.25, 0.3) is 5.91 Å². The number of hydrogen-bond donors (Lipinski definition) is 1. The van der Waals surface area contributed by atoms with Crippen molar-refractivity contribution in [3.8, 4) is 5.75 Å². The highest BCUT2D eigenvalue weighted by molar-refractivity contribution is 6.31. The number of nitrogens with zero attached hydrogens (tertiary/aromatic N) is 1. The van der Waals surface area contributed by atoms with Crippen LogP contribution in [-0.2, 0) is 0 Å². The van der Waals surface area contributed by atoms with Crippen molar-refractivity contribution in [2.24, 2.45) is 0 Å². The van der Waals surface area contributed by atoms with Gasteiger partial charge in [-0.05, 0) is 30.3 Å². The predicted octanol–water partition coefficient (Wildman–Crippen LogP) is 3.65. The molecular formula is C13H10Cl2N2O2. The summed E-state index contributed by atoms with van der Waals surface area (Å²) in [5, 5.41) is 3.51. The molecule has 4 nitrogen and oxygen atoms in total. The number of amides is 1. The van der Waals surface area contributed by atoms with Crippen molar-refractivity contribution in [2.45, 2.75) is 0 Å². The van der Waals surface area contributed by atoms with E-state index in [1.165, 1.54) is 13.3 Å². The molecule has 0 atom stereocenters. The van der Waals surface area contributed by atoms with Crippen molar-refractivity contribution in [3.63, 3.8) is 0 Å². The molecule has 19 heavy (non-hydrogen) atoms. The fraction of sp³-hybridized carbons (Fsp3) is 0.0769. The first-order valence-corrected chi connectivity index (χ1v) is 6.12. The van der Waals surface area contributed by atoms with Crippen LogP contribution in [0.2, 0.25) is 10.2 Å².